The average Bonchev–Trinajstić information content (AvgIpc) is 3.31. The van der Waals surface area contributed by atoms with Gasteiger partial charge in [0.05, 0.1) is 19.8 Å². The molecule has 0 bridgehead atoms. The topological polar surface area (TPSA) is 50.8 Å². The molecule has 5 heteroatoms. The van der Waals surface area contributed by atoms with Crippen molar-refractivity contribution < 1.29 is 14.3 Å². The first-order valence-electron chi connectivity index (χ1n) is 8.22. The van der Waals surface area contributed by atoms with E-state index in [1.807, 2.05) is 0 Å². The monoisotopic (exact) mass is 298 g/mol. The van der Waals surface area contributed by atoms with Crippen molar-refractivity contribution >= 4 is 5.97 Å². The second-order valence-electron chi connectivity index (χ2n) is 6.59. The Labute approximate surface area is 128 Å². The van der Waals surface area contributed by atoms with Gasteiger partial charge in [0.15, 0.2) is 0 Å². The minimum Gasteiger partial charge on any atom is -0.468 e. The van der Waals surface area contributed by atoms with E-state index in [1.165, 1.54) is 7.11 Å². The van der Waals surface area contributed by atoms with Gasteiger partial charge in [-0.3, -0.25) is 4.90 Å². The van der Waals surface area contributed by atoms with Crippen molar-refractivity contribution in [2.75, 3.05) is 33.4 Å². The summed E-state index contributed by atoms with van der Waals surface area (Å²) < 4.78 is 10.9. The zero-order chi connectivity index (χ0) is 15.5. The van der Waals surface area contributed by atoms with Crippen molar-refractivity contribution in [3.05, 3.63) is 0 Å². The number of carbonyl (C=O) groups excluding carboxylic acids is 1. The van der Waals surface area contributed by atoms with Crippen LogP contribution in [0.2, 0.25) is 0 Å². The van der Waals surface area contributed by atoms with Gasteiger partial charge in [-0.05, 0) is 45.6 Å². The minimum absolute atomic E-state index is 0.107. The molecule has 21 heavy (non-hydrogen) atoms. The average molecular weight is 298 g/mol. The van der Waals surface area contributed by atoms with Crippen molar-refractivity contribution in [2.24, 2.45) is 5.92 Å². The maximum absolute atomic E-state index is 12.5. The van der Waals surface area contributed by atoms with E-state index in [2.05, 4.69) is 31.0 Å². The van der Waals surface area contributed by atoms with Crippen LogP contribution in [-0.4, -0.2) is 61.9 Å². The number of hydrogen-bond acceptors (Lipinski definition) is 5. The first-order chi connectivity index (χ1) is 10.0. The molecular weight excluding hydrogens is 268 g/mol. The van der Waals surface area contributed by atoms with Crippen LogP contribution in [0.1, 0.15) is 40.0 Å². The number of rotatable bonds is 7. The number of carbonyl (C=O) groups is 1. The molecule has 1 aliphatic heterocycles. The van der Waals surface area contributed by atoms with Crippen LogP contribution in [0.3, 0.4) is 0 Å². The molecule has 122 valence electrons. The molecule has 2 aliphatic rings. The van der Waals surface area contributed by atoms with Crippen LogP contribution in [0.5, 0.6) is 0 Å². The fourth-order valence-electron chi connectivity index (χ4n) is 3.25. The lowest BCUT2D eigenvalue weighted by Gasteiger charge is -2.43. The van der Waals surface area contributed by atoms with Crippen molar-refractivity contribution in [1.29, 1.82) is 0 Å². The smallest absolute Gasteiger partial charge is 0.327 e. The van der Waals surface area contributed by atoms with E-state index in [9.17, 15) is 4.79 Å². The van der Waals surface area contributed by atoms with Crippen LogP contribution in [0, 0.1) is 5.92 Å². The Kier molecular flexibility index (Phi) is 5.63. The molecule has 1 aliphatic carbocycles. The number of nitrogens with zero attached hydrogens (tertiary/aromatic N) is 1. The molecule has 0 amide bonds. The van der Waals surface area contributed by atoms with Gasteiger partial charge in [0, 0.05) is 19.1 Å². The normalized spacial score (nSPS) is 29.9. The predicted octanol–water partition coefficient (Wildman–Crippen LogP) is 1.42. The summed E-state index contributed by atoms with van der Waals surface area (Å²) in [5, 5.41) is 3.52. The van der Waals surface area contributed by atoms with Gasteiger partial charge >= 0.3 is 5.97 Å². The molecule has 0 radical (unpaired) electrons. The molecule has 5 nitrogen and oxygen atoms in total. The summed E-state index contributed by atoms with van der Waals surface area (Å²) in [6, 6.07) is 0.340. The first kappa shape index (κ1) is 16.7. The molecule has 1 N–H and O–H groups in total. The Bertz CT molecular complexity index is 359. The molecule has 3 atom stereocenters. The molecule has 3 unspecified atom stereocenters. The van der Waals surface area contributed by atoms with Gasteiger partial charge in [0.1, 0.15) is 5.54 Å². The lowest BCUT2D eigenvalue weighted by atomic mass is 9.91. The molecule has 0 spiro atoms. The van der Waals surface area contributed by atoms with Crippen LogP contribution < -0.4 is 5.32 Å². The fourth-order valence-corrected chi connectivity index (χ4v) is 3.25. The SMILES string of the molecule is CCCNC(CN1CC(C)OCC1C)(C(=O)OC)C1CC1. The van der Waals surface area contributed by atoms with Gasteiger partial charge in [0.2, 0.25) is 0 Å². The summed E-state index contributed by atoms with van der Waals surface area (Å²) in [6.45, 7) is 9.56. The van der Waals surface area contributed by atoms with E-state index in [-0.39, 0.29) is 12.1 Å². The highest BCUT2D eigenvalue weighted by Gasteiger charge is 2.53. The zero-order valence-electron chi connectivity index (χ0n) is 13.9. The van der Waals surface area contributed by atoms with Crippen LogP contribution >= 0.6 is 0 Å². The summed E-state index contributed by atoms with van der Waals surface area (Å²) in [6.07, 6.45) is 3.46. The van der Waals surface area contributed by atoms with E-state index in [0.29, 0.717) is 12.0 Å². The number of esters is 1. The van der Waals surface area contributed by atoms with Crippen LogP contribution in [0.4, 0.5) is 0 Å². The predicted molar refractivity (Wildman–Crippen MR) is 82.2 cm³/mol. The van der Waals surface area contributed by atoms with Gasteiger partial charge in [-0.2, -0.15) is 0 Å². The van der Waals surface area contributed by atoms with Crippen LogP contribution in [-0.2, 0) is 14.3 Å². The number of hydrogen-bond donors (Lipinski definition) is 1. The highest BCUT2D eigenvalue weighted by atomic mass is 16.5. The lowest BCUT2D eigenvalue weighted by molar-refractivity contribution is -0.152. The minimum atomic E-state index is -0.546. The highest BCUT2D eigenvalue weighted by molar-refractivity contribution is 5.82. The maximum Gasteiger partial charge on any atom is 0.327 e. The number of methoxy groups -OCH3 is 1. The van der Waals surface area contributed by atoms with E-state index >= 15 is 0 Å². The summed E-state index contributed by atoms with van der Waals surface area (Å²) in [5.41, 5.74) is -0.546. The molecule has 2 fully saturated rings. The van der Waals surface area contributed by atoms with Gasteiger partial charge < -0.3 is 14.8 Å². The Hall–Kier alpha value is -0.650. The second kappa shape index (κ2) is 7.07. The summed E-state index contributed by atoms with van der Waals surface area (Å²) in [7, 11) is 1.50. The van der Waals surface area contributed by atoms with E-state index in [1.54, 1.807) is 0 Å². The third kappa shape index (κ3) is 3.76. The van der Waals surface area contributed by atoms with E-state index in [0.717, 1.165) is 45.5 Å². The Morgan fingerprint density at radius 3 is 2.71 bits per heavy atom. The van der Waals surface area contributed by atoms with Crippen molar-refractivity contribution in [3.8, 4) is 0 Å². The van der Waals surface area contributed by atoms with Crippen molar-refractivity contribution in [1.82, 2.24) is 10.2 Å². The zero-order valence-corrected chi connectivity index (χ0v) is 13.9. The van der Waals surface area contributed by atoms with Gasteiger partial charge in [0.25, 0.3) is 0 Å². The quantitative estimate of drug-likeness (QED) is 0.720. The van der Waals surface area contributed by atoms with Gasteiger partial charge in [-0.1, -0.05) is 6.92 Å². The van der Waals surface area contributed by atoms with E-state index < -0.39 is 5.54 Å². The molecular formula is C16H30N2O3. The maximum atomic E-state index is 12.5. The first-order valence-corrected chi connectivity index (χ1v) is 8.22. The molecule has 0 aromatic carbocycles. The summed E-state index contributed by atoms with van der Waals surface area (Å²) in [5.74, 6) is 0.298. The second-order valence-corrected chi connectivity index (χ2v) is 6.59. The Morgan fingerprint density at radius 1 is 1.43 bits per heavy atom. The Balaban J connectivity index is 2.15. The molecule has 1 saturated carbocycles. The fraction of sp³-hybridized carbons (Fsp3) is 0.938. The summed E-state index contributed by atoms with van der Waals surface area (Å²) >= 11 is 0. The standard InChI is InChI=1S/C16H30N2O3/c1-5-8-17-16(14-6-7-14,15(19)20-4)11-18-9-13(3)21-10-12(18)2/h12-14,17H,5-11H2,1-4H3. The number of morpholine rings is 1. The third-order valence-electron chi connectivity index (χ3n) is 4.70. The number of ether oxygens (including phenoxy) is 2. The van der Waals surface area contributed by atoms with Crippen LogP contribution in [0.15, 0.2) is 0 Å². The highest BCUT2D eigenvalue weighted by Crippen LogP contribution is 2.41. The van der Waals surface area contributed by atoms with Crippen LogP contribution in [0.25, 0.3) is 0 Å². The van der Waals surface area contributed by atoms with Gasteiger partial charge in [-0.25, -0.2) is 4.79 Å². The number of nitrogens with one attached hydrogen (secondary N) is 1. The lowest BCUT2D eigenvalue weighted by Crippen LogP contribution is -2.64. The molecule has 2 rings (SSSR count). The third-order valence-corrected chi connectivity index (χ3v) is 4.70. The Morgan fingerprint density at radius 2 is 2.14 bits per heavy atom. The van der Waals surface area contributed by atoms with Gasteiger partial charge in [-0.15, -0.1) is 0 Å². The molecule has 1 saturated heterocycles. The van der Waals surface area contributed by atoms with Crippen molar-refractivity contribution in [3.63, 3.8) is 0 Å². The molecule has 1 heterocycles. The molecule has 0 aromatic rings. The van der Waals surface area contributed by atoms with Crippen molar-refractivity contribution in [2.45, 2.75) is 57.7 Å². The summed E-state index contributed by atoms with van der Waals surface area (Å²) in [4.78, 5) is 14.9. The van der Waals surface area contributed by atoms with E-state index in [4.69, 9.17) is 9.47 Å². The largest absolute Gasteiger partial charge is 0.468 e. The molecule has 0 aromatic heterocycles.